The normalized spacial score (nSPS) is 21.0. The summed E-state index contributed by atoms with van der Waals surface area (Å²) in [6, 6.07) is 7.24. The minimum atomic E-state index is -0.361. The van der Waals surface area contributed by atoms with Gasteiger partial charge in [-0.25, -0.2) is 0 Å². The van der Waals surface area contributed by atoms with Gasteiger partial charge < -0.3 is 15.2 Å². The van der Waals surface area contributed by atoms with Gasteiger partial charge in [0, 0.05) is 24.2 Å². The summed E-state index contributed by atoms with van der Waals surface area (Å²) >= 11 is 5.87. The summed E-state index contributed by atoms with van der Waals surface area (Å²) in [5.74, 6) is -0.270. The maximum absolute atomic E-state index is 11.8. The third-order valence-electron chi connectivity index (χ3n) is 3.59. The highest BCUT2D eigenvalue weighted by molar-refractivity contribution is 6.30. The van der Waals surface area contributed by atoms with Crippen molar-refractivity contribution >= 4 is 17.6 Å². The van der Waals surface area contributed by atoms with Crippen molar-refractivity contribution in [2.75, 3.05) is 33.4 Å². The molecule has 1 saturated heterocycles. The molecule has 1 heterocycles. The fourth-order valence-corrected chi connectivity index (χ4v) is 2.62. The molecule has 1 aliphatic rings. The molecule has 21 heavy (non-hydrogen) atoms. The second kappa shape index (κ2) is 7.75. The monoisotopic (exact) mass is 312 g/mol. The molecule has 6 heteroatoms. The molecule has 2 atom stereocenters. The SMILES string of the molecule is COC(=O)[C@@H]1COCCN1CC(N)Cc1ccc(Cl)cc1. The van der Waals surface area contributed by atoms with Gasteiger partial charge in [0.1, 0.15) is 6.04 Å². The van der Waals surface area contributed by atoms with Crippen LogP contribution in [0, 0.1) is 0 Å². The van der Waals surface area contributed by atoms with E-state index >= 15 is 0 Å². The van der Waals surface area contributed by atoms with Crippen LogP contribution in [-0.4, -0.2) is 56.4 Å². The van der Waals surface area contributed by atoms with E-state index in [1.807, 2.05) is 29.2 Å². The molecular weight excluding hydrogens is 292 g/mol. The smallest absolute Gasteiger partial charge is 0.325 e. The molecule has 1 unspecified atom stereocenters. The topological polar surface area (TPSA) is 64.8 Å². The highest BCUT2D eigenvalue weighted by atomic mass is 35.5. The van der Waals surface area contributed by atoms with Crippen molar-refractivity contribution in [2.45, 2.75) is 18.5 Å². The number of methoxy groups -OCH3 is 1. The molecule has 0 aliphatic carbocycles. The second-order valence-corrected chi connectivity index (χ2v) is 5.64. The Morgan fingerprint density at radius 2 is 2.24 bits per heavy atom. The van der Waals surface area contributed by atoms with Gasteiger partial charge in [-0.05, 0) is 24.1 Å². The van der Waals surface area contributed by atoms with E-state index in [1.165, 1.54) is 7.11 Å². The summed E-state index contributed by atoms with van der Waals surface area (Å²) in [4.78, 5) is 13.8. The Kier molecular flexibility index (Phi) is 5.99. The van der Waals surface area contributed by atoms with E-state index in [-0.39, 0.29) is 18.1 Å². The van der Waals surface area contributed by atoms with Gasteiger partial charge >= 0.3 is 5.97 Å². The predicted molar refractivity (Wildman–Crippen MR) is 81.3 cm³/mol. The Labute approximate surface area is 130 Å². The lowest BCUT2D eigenvalue weighted by Crippen LogP contribution is -2.54. The van der Waals surface area contributed by atoms with E-state index in [0.717, 1.165) is 12.0 Å². The highest BCUT2D eigenvalue weighted by Crippen LogP contribution is 2.13. The van der Waals surface area contributed by atoms with E-state index in [1.54, 1.807) is 0 Å². The fourth-order valence-electron chi connectivity index (χ4n) is 2.50. The van der Waals surface area contributed by atoms with Gasteiger partial charge in [-0.1, -0.05) is 23.7 Å². The van der Waals surface area contributed by atoms with Crippen molar-refractivity contribution in [3.63, 3.8) is 0 Å². The van der Waals surface area contributed by atoms with Crippen LogP contribution in [-0.2, 0) is 20.7 Å². The van der Waals surface area contributed by atoms with Gasteiger partial charge in [-0.3, -0.25) is 9.69 Å². The zero-order valence-electron chi connectivity index (χ0n) is 12.1. The van der Waals surface area contributed by atoms with Gasteiger partial charge in [-0.2, -0.15) is 0 Å². The molecule has 1 fully saturated rings. The first-order chi connectivity index (χ1) is 10.1. The van der Waals surface area contributed by atoms with Crippen molar-refractivity contribution in [2.24, 2.45) is 5.73 Å². The second-order valence-electron chi connectivity index (χ2n) is 5.20. The number of morpholine rings is 1. The van der Waals surface area contributed by atoms with Crippen molar-refractivity contribution in [3.05, 3.63) is 34.9 Å². The zero-order valence-corrected chi connectivity index (χ0v) is 12.9. The van der Waals surface area contributed by atoms with Crippen LogP contribution in [0.25, 0.3) is 0 Å². The van der Waals surface area contributed by atoms with Gasteiger partial charge in [0.25, 0.3) is 0 Å². The minimum Gasteiger partial charge on any atom is -0.468 e. The van der Waals surface area contributed by atoms with E-state index < -0.39 is 0 Å². The number of ether oxygens (including phenoxy) is 2. The number of nitrogens with zero attached hydrogens (tertiary/aromatic N) is 1. The number of benzene rings is 1. The first-order valence-electron chi connectivity index (χ1n) is 7.00. The molecule has 5 nitrogen and oxygen atoms in total. The summed E-state index contributed by atoms with van der Waals surface area (Å²) in [6.07, 6.45) is 0.739. The molecule has 0 saturated carbocycles. The average Bonchev–Trinajstić information content (AvgIpc) is 2.49. The van der Waals surface area contributed by atoms with Crippen LogP contribution in [0.4, 0.5) is 0 Å². The largest absolute Gasteiger partial charge is 0.468 e. The maximum Gasteiger partial charge on any atom is 0.325 e. The van der Waals surface area contributed by atoms with Crippen LogP contribution in [0.2, 0.25) is 5.02 Å². The summed E-state index contributed by atoms with van der Waals surface area (Å²) < 4.78 is 10.2. The number of hydrogen-bond donors (Lipinski definition) is 1. The number of carbonyl (C=O) groups excluding carboxylic acids is 1. The molecule has 0 bridgehead atoms. The van der Waals surface area contributed by atoms with E-state index in [2.05, 4.69) is 0 Å². The Morgan fingerprint density at radius 3 is 2.90 bits per heavy atom. The molecule has 0 radical (unpaired) electrons. The molecule has 1 aromatic rings. The Balaban J connectivity index is 1.92. The number of esters is 1. The first-order valence-corrected chi connectivity index (χ1v) is 7.37. The number of nitrogens with two attached hydrogens (primary N) is 1. The van der Waals surface area contributed by atoms with Crippen LogP contribution in [0.3, 0.4) is 0 Å². The number of carbonyl (C=O) groups is 1. The lowest BCUT2D eigenvalue weighted by Gasteiger charge is -2.35. The van der Waals surface area contributed by atoms with Crippen LogP contribution in [0.5, 0.6) is 0 Å². The number of hydrogen-bond acceptors (Lipinski definition) is 5. The summed E-state index contributed by atoms with van der Waals surface area (Å²) in [7, 11) is 1.39. The van der Waals surface area contributed by atoms with Crippen molar-refractivity contribution < 1.29 is 14.3 Å². The fraction of sp³-hybridized carbons (Fsp3) is 0.533. The summed E-state index contributed by atoms with van der Waals surface area (Å²) in [6.45, 7) is 2.29. The van der Waals surface area contributed by atoms with Crippen molar-refractivity contribution in [3.8, 4) is 0 Å². The van der Waals surface area contributed by atoms with Gasteiger partial charge in [0.05, 0.1) is 20.3 Å². The first kappa shape index (κ1) is 16.2. The molecular formula is C15H21ClN2O3. The van der Waals surface area contributed by atoms with Crippen LogP contribution >= 0.6 is 11.6 Å². The van der Waals surface area contributed by atoms with Gasteiger partial charge in [0.2, 0.25) is 0 Å². The van der Waals surface area contributed by atoms with Crippen LogP contribution in [0.15, 0.2) is 24.3 Å². The lowest BCUT2D eigenvalue weighted by atomic mass is 10.1. The van der Waals surface area contributed by atoms with Gasteiger partial charge in [-0.15, -0.1) is 0 Å². The van der Waals surface area contributed by atoms with E-state index in [9.17, 15) is 4.79 Å². The summed E-state index contributed by atoms with van der Waals surface area (Å²) in [5, 5.41) is 0.714. The van der Waals surface area contributed by atoms with Crippen molar-refractivity contribution in [1.82, 2.24) is 4.90 Å². The molecule has 2 rings (SSSR count). The summed E-state index contributed by atoms with van der Waals surface area (Å²) in [5.41, 5.74) is 7.34. The highest BCUT2D eigenvalue weighted by Gasteiger charge is 2.31. The molecule has 2 N–H and O–H groups in total. The third-order valence-corrected chi connectivity index (χ3v) is 3.84. The number of halogens is 1. The Hall–Kier alpha value is -1.14. The standard InChI is InChI=1S/C15H21ClN2O3/c1-20-15(19)14-10-21-7-6-18(14)9-13(17)8-11-2-4-12(16)5-3-11/h2-5,13-14H,6-10,17H2,1H3/t13?,14-/m0/s1. The Bertz CT molecular complexity index is 466. The van der Waals surface area contributed by atoms with Crippen LogP contribution < -0.4 is 5.73 Å². The molecule has 1 aromatic carbocycles. The third kappa shape index (κ3) is 4.68. The van der Waals surface area contributed by atoms with Crippen molar-refractivity contribution in [1.29, 1.82) is 0 Å². The van der Waals surface area contributed by atoms with Crippen LogP contribution in [0.1, 0.15) is 5.56 Å². The molecule has 0 aromatic heterocycles. The van der Waals surface area contributed by atoms with Gasteiger partial charge in [0.15, 0.2) is 0 Å². The molecule has 1 aliphatic heterocycles. The average molecular weight is 313 g/mol. The molecule has 116 valence electrons. The predicted octanol–water partition coefficient (Wildman–Crippen LogP) is 1.08. The van der Waals surface area contributed by atoms with E-state index in [4.69, 9.17) is 26.8 Å². The lowest BCUT2D eigenvalue weighted by molar-refractivity contribution is -0.153. The zero-order chi connectivity index (χ0) is 15.2. The molecule has 0 amide bonds. The van der Waals surface area contributed by atoms with E-state index in [0.29, 0.717) is 31.3 Å². The number of rotatable bonds is 5. The minimum absolute atomic E-state index is 0.0589. The molecule has 0 spiro atoms. The Morgan fingerprint density at radius 1 is 1.52 bits per heavy atom. The maximum atomic E-state index is 11.8. The quantitative estimate of drug-likeness (QED) is 0.824.